The van der Waals surface area contributed by atoms with Gasteiger partial charge in [-0.15, -0.1) is 0 Å². The van der Waals surface area contributed by atoms with Crippen LogP contribution in [0.2, 0.25) is 0 Å². The molecule has 0 aliphatic heterocycles. The number of rotatable bonds is 8. The molecule has 1 heterocycles. The summed E-state index contributed by atoms with van der Waals surface area (Å²) in [5.41, 5.74) is 4.56. The highest BCUT2D eigenvalue weighted by Crippen LogP contribution is 2.20. The van der Waals surface area contributed by atoms with Crippen LogP contribution in [0.5, 0.6) is 11.5 Å². The average Bonchev–Trinajstić information content (AvgIpc) is 2.71. The molecule has 1 amide bonds. The van der Waals surface area contributed by atoms with Crippen molar-refractivity contribution in [1.82, 2.24) is 10.3 Å². The number of nitrogens with zero attached hydrogens (tertiary/aromatic N) is 1. The Balaban J connectivity index is 1.52. The lowest BCUT2D eigenvalue weighted by Gasteiger charge is -2.11. The molecule has 6 heteroatoms. The minimum absolute atomic E-state index is 0.195. The second-order valence-corrected chi connectivity index (χ2v) is 6.74. The number of pyridine rings is 1. The van der Waals surface area contributed by atoms with Gasteiger partial charge in [0.25, 0.3) is 5.91 Å². The van der Waals surface area contributed by atoms with Gasteiger partial charge >= 0.3 is 0 Å². The van der Waals surface area contributed by atoms with Gasteiger partial charge in [0, 0.05) is 11.9 Å². The number of ether oxygens (including phenoxy) is 2. The van der Waals surface area contributed by atoms with Crippen molar-refractivity contribution >= 4 is 17.3 Å². The van der Waals surface area contributed by atoms with Gasteiger partial charge in [-0.05, 0) is 67.4 Å². The van der Waals surface area contributed by atoms with Crippen LogP contribution in [0.4, 0.5) is 11.4 Å². The molecular formula is C23H25N3O3. The van der Waals surface area contributed by atoms with Crippen molar-refractivity contribution < 1.29 is 14.3 Å². The van der Waals surface area contributed by atoms with Crippen molar-refractivity contribution in [3.63, 3.8) is 0 Å². The molecular weight excluding hydrogens is 366 g/mol. The maximum absolute atomic E-state index is 12.4. The number of anilines is 2. The highest BCUT2D eigenvalue weighted by molar-refractivity contribution is 5.94. The van der Waals surface area contributed by atoms with Gasteiger partial charge < -0.3 is 20.1 Å². The van der Waals surface area contributed by atoms with Gasteiger partial charge in [-0.25, -0.2) is 0 Å². The highest BCUT2D eigenvalue weighted by atomic mass is 16.5. The highest BCUT2D eigenvalue weighted by Gasteiger charge is 2.07. The molecule has 0 saturated heterocycles. The molecule has 3 aromatic rings. The first-order chi connectivity index (χ1) is 14.0. The van der Waals surface area contributed by atoms with Crippen molar-refractivity contribution in [3.05, 3.63) is 77.6 Å². The number of methoxy groups -OCH3 is 1. The van der Waals surface area contributed by atoms with E-state index in [1.54, 1.807) is 25.6 Å². The van der Waals surface area contributed by atoms with Crippen molar-refractivity contribution in [2.75, 3.05) is 25.6 Å². The van der Waals surface area contributed by atoms with Crippen LogP contribution in [0, 0.1) is 13.8 Å². The van der Waals surface area contributed by atoms with Gasteiger partial charge in [-0.3, -0.25) is 9.78 Å². The Morgan fingerprint density at radius 3 is 2.31 bits per heavy atom. The topological polar surface area (TPSA) is 72.5 Å². The molecule has 29 heavy (non-hydrogen) atoms. The number of amides is 1. The smallest absolute Gasteiger partial charge is 0.253 e. The van der Waals surface area contributed by atoms with E-state index in [2.05, 4.69) is 33.8 Å². The fourth-order valence-corrected chi connectivity index (χ4v) is 2.95. The molecule has 3 rings (SSSR count). The SMILES string of the molecule is COc1ccc(OCCNC(=O)c2cncc(Nc3cc(C)cc(C)c3)c2)cc1. The van der Waals surface area contributed by atoms with E-state index in [9.17, 15) is 4.79 Å². The number of carbonyl (C=O) groups is 1. The Bertz CT molecular complexity index is 951. The number of nitrogens with one attached hydrogen (secondary N) is 2. The van der Waals surface area contributed by atoms with Crippen LogP contribution in [-0.4, -0.2) is 31.2 Å². The minimum atomic E-state index is -0.195. The summed E-state index contributed by atoms with van der Waals surface area (Å²) in [7, 11) is 1.62. The molecule has 0 aliphatic rings. The summed E-state index contributed by atoms with van der Waals surface area (Å²) in [5.74, 6) is 1.30. The molecule has 0 radical (unpaired) electrons. The Labute approximate surface area is 170 Å². The Morgan fingerprint density at radius 1 is 0.931 bits per heavy atom. The summed E-state index contributed by atoms with van der Waals surface area (Å²) >= 11 is 0. The van der Waals surface area contributed by atoms with E-state index in [0.29, 0.717) is 18.7 Å². The second kappa shape index (κ2) is 9.59. The Kier molecular flexibility index (Phi) is 6.68. The predicted molar refractivity (Wildman–Crippen MR) is 114 cm³/mol. The quantitative estimate of drug-likeness (QED) is 0.562. The number of benzene rings is 2. The summed E-state index contributed by atoms with van der Waals surface area (Å²) in [6.07, 6.45) is 3.24. The van der Waals surface area contributed by atoms with Gasteiger partial charge in [-0.1, -0.05) is 6.07 Å². The van der Waals surface area contributed by atoms with Crippen LogP contribution >= 0.6 is 0 Å². The standard InChI is InChI=1S/C23H25N3O3/c1-16-10-17(2)12-19(11-16)26-20-13-18(14-24-15-20)23(27)25-8-9-29-22-6-4-21(28-3)5-7-22/h4-7,10-15,26H,8-9H2,1-3H3,(H,25,27). The average molecular weight is 391 g/mol. The lowest BCUT2D eigenvalue weighted by Crippen LogP contribution is -2.28. The molecule has 0 aliphatic carbocycles. The maximum Gasteiger partial charge on any atom is 0.253 e. The molecule has 0 bridgehead atoms. The van der Waals surface area contributed by atoms with Gasteiger partial charge in [0.1, 0.15) is 18.1 Å². The molecule has 0 unspecified atom stereocenters. The first-order valence-electron chi connectivity index (χ1n) is 9.39. The van der Waals surface area contributed by atoms with Crippen molar-refractivity contribution in [2.24, 2.45) is 0 Å². The van der Waals surface area contributed by atoms with Crippen LogP contribution in [0.3, 0.4) is 0 Å². The third-order valence-electron chi connectivity index (χ3n) is 4.23. The summed E-state index contributed by atoms with van der Waals surface area (Å²) in [6.45, 7) is 4.86. The zero-order valence-corrected chi connectivity index (χ0v) is 16.9. The van der Waals surface area contributed by atoms with E-state index in [0.717, 1.165) is 22.9 Å². The van der Waals surface area contributed by atoms with E-state index in [1.165, 1.54) is 11.1 Å². The fourth-order valence-electron chi connectivity index (χ4n) is 2.95. The number of aromatic nitrogens is 1. The summed E-state index contributed by atoms with van der Waals surface area (Å²) in [4.78, 5) is 16.6. The first-order valence-corrected chi connectivity index (χ1v) is 9.39. The van der Waals surface area contributed by atoms with Crippen LogP contribution in [0.1, 0.15) is 21.5 Å². The van der Waals surface area contributed by atoms with Crippen LogP contribution in [0.15, 0.2) is 60.9 Å². The monoisotopic (exact) mass is 391 g/mol. The van der Waals surface area contributed by atoms with Crippen LogP contribution in [-0.2, 0) is 0 Å². The van der Waals surface area contributed by atoms with Gasteiger partial charge in [-0.2, -0.15) is 0 Å². The summed E-state index contributed by atoms with van der Waals surface area (Å²) < 4.78 is 10.7. The van der Waals surface area contributed by atoms with E-state index >= 15 is 0 Å². The van der Waals surface area contributed by atoms with Crippen molar-refractivity contribution in [2.45, 2.75) is 13.8 Å². The normalized spacial score (nSPS) is 10.3. The zero-order valence-electron chi connectivity index (χ0n) is 16.9. The molecule has 0 atom stereocenters. The molecule has 6 nitrogen and oxygen atoms in total. The Hall–Kier alpha value is -3.54. The first kappa shape index (κ1) is 20.2. The van der Waals surface area contributed by atoms with E-state index in [-0.39, 0.29) is 5.91 Å². The van der Waals surface area contributed by atoms with Crippen LogP contribution in [0.25, 0.3) is 0 Å². The number of carbonyl (C=O) groups excluding carboxylic acids is 1. The van der Waals surface area contributed by atoms with Gasteiger partial charge in [0.05, 0.1) is 31.1 Å². The third kappa shape index (κ3) is 5.97. The number of hydrogen-bond acceptors (Lipinski definition) is 5. The molecule has 1 aromatic heterocycles. The lowest BCUT2D eigenvalue weighted by atomic mass is 10.1. The zero-order chi connectivity index (χ0) is 20.6. The molecule has 0 fully saturated rings. The minimum Gasteiger partial charge on any atom is -0.497 e. The maximum atomic E-state index is 12.4. The number of hydrogen-bond donors (Lipinski definition) is 2. The molecule has 2 aromatic carbocycles. The summed E-state index contributed by atoms with van der Waals surface area (Å²) in [6, 6.07) is 15.3. The second-order valence-electron chi connectivity index (χ2n) is 6.74. The van der Waals surface area contributed by atoms with E-state index in [1.807, 2.05) is 38.1 Å². The predicted octanol–water partition coefficient (Wildman–Crippen LogP) is 4.26. The fraction of sp³-hybridized carbons (Fsp3) is 0.217. The van der Waals surface area contributed by atoms with Gasteiger partial charge in [0.15, 0.2) is 0 Å². The molecule has 2 N–H and O–H groups in total. The van der Waals surface area contributed by atoms with Crippen LogP contribution < -0.4 is 20.1 Å². The largest absolute Gasteiger partial charge is 0.497 e. The summed E-state index contributed by atoms with van der Waals surface area (Å²) in [5, 5.41) is 6.15. The number of aryl methyl sites for hydroxylation is 2. The lowest BCUT2D eigenvalue weighted by molar-refractivity contribution is 0.0946. The Morgan fingerprint density at radius 2 is 1.62 bits per heavy atom. The molecule has 150 valence electrons. The van der Waals surface area contributed by atoms with E-state index in [4.69, 9.17) is 9.47 Å². The molecule has 0 saturated carbocycles. The van der Waals surface area contributed by atoms with Crippen molar-refractivity contribution in [1.29, 1.82) is 0 Å². The molecule has 0 spiro atoms. The third-order valence-corrected chi connectivity index (χ3v) is 4.23. The van der Waals surface area contributed by atoms with Gasteiger partial charge in [0.2, 0.25) is 0 Å². The van der Waals surface area contributed by atoms with Crippen molar-refractivity contribution in [3.8, 4) is 11.5 Å². The van der Waals surface area contributed by atoms with E-state index < -0.39 is 0 Å².